The lowest BCUT2D eigenvalue weighted by molar-refractivity contribution is 0.414. The molecule has 0 N–H and O–H groups in total. The number of para-hydroxylation sites is 1. The minimum atomic E-state index is 0.578. The molecule has 3 aromatic rings. The molecule has 0 aliphatic rings. The van der Waals surface area contributed by atoms with Gasteiger partial charge in [0.15, 0.2) is 5.75 Å². The summed E-state index contributed by atoms with van der Waals surface area (Å²) in [6, 6.07) is 7.83. The summed E-state index contributed by atoms with van der Waals surface area (Å²) in [4.78, 5) is 12.6. The van der Waals surface area contributed by atoms with E-state index in [4.69, 9.17) is 4.74 Å². The van der Waals surface area contributed by atoms with Crippen molar-refractivity contribution in [2.75, 3.05) is 7.11 Å². The van der Waals surface area contributed by atoms with Crippen LogP contribution in [-0.2, 0) is 0 Å². The van der Waals surface area contributed by atoms with E-state index in [1.165, 1.54) is 0 Å². The third kappa shape index (κ3) is 1.68. The number of hydrogen-bond acceptors (Lipinski definition) is 4. The van der Waals surface area contributed by atoms with Crippen LogP contribution in [0.3, 0.4) is 0 Å². The molecular weight excluding hydrogens is 226 g/mol. The van der Waals surface area contributed by atoms with Crippen molar-refractivity contribution in [3.8, 4) is 17.0 Å². The molecule has 0 saturated carbocycles. The van der Waals surface area contributed by atoms with E-state index < -0.39 is 0 Å². The third-order valence-corrected chi connectivity index (χ3v) is 2.70. The maximum Gasteiger partial charge on any atom is 0.156 e. The first kappa shape index (κ1) is 10.7. The lowest BCUT2D eigenvalue weighted by atomic mass is 10.1. The van der Waals surface area contributed by atoms with E-state index in [0.29, 0.717) is 5.75 Å². The van der Waals surface area contributed by atoms with Crippen molar-refractivity contribution in [1.82, 2.24) is 15.0 Å². The Bertz CT molecular complexity index is 683. The number of benzene rings is 1. The van der Waals surface area contributed by atoms with Crippen molar-refractivity contribution in [2.24, 2.45) is 0 Å². The van der Waals surface area contributed by atoms with Crippen molar-refractivity contribution in [3.63, 3.8) is 0 Å². The highest BCUT2D eigenvalue weighted by Crippen LogP contribution is 2.33. The Morgan fingerprint density at radius 3 is 2.83 bits per heavy atom. The van der Waals surface area contributed by atoms with Gasteiger partial charge >= 0.3 is 0 Å². The molecule has 0 unspecified atom stereocenters. The standard InChI is InChI=1S/C14H10N3O/c1-18-13-9-17-11-5-3-2-4-10(11)14(13)12-8-15-6-7-16-12/h2-8H,1H3. The minimum Gasteiger partial charge on any atom is -0.494 e. The molecule has 0 atom stereocenters. The van der Waals surface area contributed by atoms with Crippen molar-refractivity contribution >= 4 is 10.9 Å². The average Bonchev–Trinajstić information content (AvgIpc) is 2.47. The number of fused-ring (bicyclic) bond motifs is 1. The number of ether oxygens (including phenoxy) is 1. The van der Waals surface area contributed by atoms with Gasteiger partial charge in [-0.2, -0.15) is 0 Å². The highest BCUT2D eigenvalue weighted by Gasteiger charge is 2.12. The third-order valence-electron chi connectivity index (χ3n) is 2.70. The summed E-state index contributed by atoms with van der Waals surface area (Å²) in [6.07, 6.45) is 7.89. The van der Waals surface area contributed by atoms with E-state index in [9.17, 15) is 0 Å². The van der Waals surface area contributed by atoms with E-state index in [1.54, 1.807) is 25.7 Å². The Hall–Kier alpha value is -2.49. The normalized spacial score (nSPS) is 10.5. The Morgan fingerprint density at radius 1 is 1.17 bits per heavy atom. The van der Waals surface area contributed by atoms with Gasteiger partial charge in [0.1, 0.15) is 6.20 Å². The molecule has 0 bridgehead atoms. The van der Waals surface area contributed by atoms with Gasteiger partial charge < -0.3 is 4.74 Å². The number of nitrogens with zero attached hydrogens (tertiary/aromatic N) is 3. The van der Waals surface area contributed by atoms with E-state index in [1.807, 2.05) is 24.3 Å². The summed E-state index contributed by atoms with van der Waals surface area (Å²) in [7, 11) is 1.60. The van der Waals surface area contributed by atoms with Crippen LogP contribution < -0.4 is 4.74 Å². The fourth-order valence-corrected chi connectivity index (χ4v) is 1.90. The Morgan fingerprint density at radius 2 is 2.06 bits per heavy atom. The highest BCUT2D eigenvalue weighted by molar-refractivity contribution is 5.96. The van der Waals surface area contributed by atoms with Gasteiger partial charge in [0.05, 0.1) is 30.1 Å². The molecule has 0 fully saturated rings. The number of rotatable bonds is 2. The second kappa shape index (κ2) is 4.41. The van der Waals surface area contributed by atoms with Gasteiger partial charge in [-0.05, 0) is 6.07 Å². The quantitative estimate of drug-likeness (QED) is 0.686. The first-order chi connectivity index (χ1) is 8.90. The molecule has 1 aromatic carbocycles. The molecule has 2 aromatic heterocycles. The summed E-state index contributed by atoms with van der Waals surface area (Å²) in [6.45, 7) is 0. The number of pyridine rings is 1. The molecule has 4 heteroatoms. The molecule has 18 heavy (non-hydrogen) atoms. The second-order valence-corrected chi connectivity index (χ2v) is 3.74. The van der Waals surface area contributed by atoms with Gasteiger partial charge in [-0.15, -0.1) is 0 Å². The van der Waals surface area contributed by atoms with Crippen LogP contribution in [0.2, 0.25) is 0 Å². The molecule has 0 amide bonds. The molecule has 1 radical (unpaired) electrons. The summed E-state index contributed by atoms with van der Waals surface area (Å²) in [5.41, 5.74) is 2.49. The van der Waals surface area contributed by atoms with Crippen molar-refractivity contribution in [1.29, 1.82) is 0 Å². The smallest absolute Gasteiger partial charge is 0.156 e. The van der Waals surface area contributed by atoms with Crippen molar-refractivity contribution in [3.05, 3.63) is 49.1 Å². The predicted molar refractivity (Wildman–Crippen MR) is 68.2 cm³/mol. The number of methoxy groups -OCH3 is 1. The zero-order chi connectivity index (χ0) is 12.4. The van der Waals surface area contributed by atoms with Crippen LogP contribution in [0.4, 0.5) is 0 Å². The fraction of sp³-hybridized carbons (Fsp3) is 0.0714. The SMILES string of the molecule is COc1[c]nc2ccccc2c1-c1cnccn1. The van der Waals surface area contributed by atoms with Gasteiger partial charge in [-0.3, -0.25) is 9.97 Å². The molecule has 87 valence electrons. The topological polar surface area (TPSA) is 47.9 Å². The van der Waals surface area contributed by atoms with Crippen LogP contribution in [0.1, 0.15) is 0 Å². The van der Waals surface area contributed by atoms with E-state index in [2.05, 4.69) is 21.1 Å². The molecule has 0 saturated heterocycles. The van der Waals surface area contributed by atoms with Crippen molar-refractivity contribution < 1.29 is 4.74 Å². The molecule has 0 spiro atoms. The van der Waals surface area contributed by atoms with Crippen LogP contribution in [0.25, 0.3) is 22.2 Å². The maximum atomic E-state index is 5.32. The molecule has 4 nitrogen and oxygen atoms in total. The zero-order valence-corrected chi connectivity index (χ0v) is 9.79. The molecule has 2 heterocycles. The largest absolute Gasteiger partial charge is 0.494 e. The number of hydrogen-bond donors (Lipinski definition) is 0. The Labute approximate surface area is 104 Å². The van der Waals surface area contributed by atoms with Gasteiger partial charge in [0.2, 0.25) is 0 Å². The lowest BCUT2D eigenvalue weighted by Gasteiger charge is -2.09. The van der Waals surface area contributed by atoms with E-state index in [-0.39, 0.29) is 0 Å². The molecule has 0 aliphatic heterocycles. The molecule has 0 aliphatic carbocycles. The lowest BCUT2D eigenvalue weighted by Crippen LogP contribution is -1.94. The van der Waals surface area contributed by atoms with Gasteiger partial charge in [0.25, 0.3) is 0 Å². The summed E-state index contributed by atoms with van der Waals surface area (Å²) in [5.74, 6) is 0.578. The Kier molecular flexibility index (Phi) is 2.61. The van der Waals surface area contributed by atoms with Crippen LogP contribution >= 0.6 is 0 Å². The van der Waals surface area contributed by atoms with E-state index in [0.717, 1.165) is 22.2 Å². The summed E-state index contributed by atoms with van der Waals surface area (Å²) in [5, 5.41) is 0.980. The first-order valence-corrected chi connectivity index (χ1v) is 5.51. The second-order valence-electron chi connectivity index (χ2n) is 3.74. The Balaban J connectivity index is 2.38. The van der Waals surface area contributed by atoms with Gasteiger partial charge in [0, 0.05) is 17.8 Å². The predicted octanol–water partition coefficient (Wildman–Crippen LogP) is 2.50. The first-order valence-electron chi connectivity index (χ1n) is 5.51. The van der Waals surface area contributed by atoms with Crippen LogP contribution in [0.5, 0.6) is 5.75 Å². The number of aromatic nitrogens is 3. The highest BCUT2D eigenvalue weighted by atomic mass is 16.5. The minimum absolute atomic E-state index is 0.578. The fourth-order valence-electron chi connectivity index (χ4n) is 1.90. The molecule has 3 rings (SSSR count). The monoisotopic (exact) mass is 236 g/mol. The van der Waals surface area contributed by atoms with Crippen LogP contribution in [-0.4, -0.2) is 22.1 Å². The maximum absolute atomic E-state index is 5.32. The van der Waals surface area contributed by atoms with Crippen LogP contribution in [0.15, 0.2) is 42.9 Å². The van der Waals surface area contributed by atoms with Gasteiger partial charge in [-0.1, -0.05) is 18.2 Å². The summed E-state index contributed by atoms with van der Waals surface area (Å²) < 4.78 is 5.32. The van der Waals surface area contributed by atoms with Crippen molar-refractivity contribution in [2.45, 2.75) is 0 Å². The zero-order valence-electron chi connectivity index (χ0n) is 9.79. The summed E-state index contributed by atoms with van der Waals surface area (Å²) >= 11 is 0. The average molecular weight is 236 g/mol. The van der Waals surface area contributed by atoms with Gasteiger partial charge in [-0.25, -0.2) is 4.98 Å². The molecular formula is C14H10N3O. The van der Waals surface area contributed by atoms with E-state index >= 15 is 0 Å². The van der Waals surface area contributed by atoms with Crippen LogP contribution in [0, 0.1) is 6.20 Å².